The van der Waals surface area contributed by atoms with Crippen LogP contribution in [0.3, 0.4) is 0 Å². The van der Waals surface area contributed by atoms with Crippen LogP contribution in [0.5, 0.6) is 5.75 Å². The largest absolute Gasteiger partial charge is 0.508 e. The first-order valence-corrected chi connectivity index (χ1v) is 11.9. The molecule has 0 unspecified atom stereocenters. The third kappa shape index (κ3) is 7.79. The van der Waals surface area contributed by atoms with Gasteiger partial charge in [0.05, 0.1) is 5.92 Å². The smallest absolute Gasteiger partial charge is 0.251 e. The van der Waals surface area contributed by atoms with Crippen molar-refractivity contribution in [3.05, 3.63) is 112 Å². The number of phenols is 1. The fraction of sp³-hybridized carbons (Fsp3) is 0.222. The first kappa shape index (κ1) is 27.7. The molecule has 198 valence electrons. The van der Waals surface area contributed by atoms with E-state index in [1.807, 2.05) is 60.7 Å². The SMILES string of the molecule is NC(=O)[C@H](CCCN=C(N)N[N+](=O)[O-])N(Cc1cccc(O)c1)C(=O)C(c1ccccc1)c1ccccc1. The van der Waals surface area contributed by atoms with Crippen LogP contribution in [0.4, 0.5) is 0 Å². The zero-order chi connectivity index (χ0) is 27.5. The van der Waals surface area contributed by atoms with Gasteiger partial charge in [0.15, 0.2) is 5.03 Å². The molecule has 2 amide bonds. The Labute approximate surface area is 219 Å². The number of aliphatic imine (C=N–C) groups is 1. The third-order valence-corrected chi connectivity index (χ3v) is 5.89. The van der Waals surface area contributed by atoms with Gasteiger partial charge in [-0.2, -0.15) is 0 Å². The van der Waals surface area contributed by atoms with E-state index in [0.29, 0.717) is 5.56 Å². The Kier molecular flexibility index (Phi) is 9.75. The van der Waals surface area contributed by atoms with Crippen molar-refractivity contribution in [2.75, 3.05) is 6.54 Å². The molecule has 0 bridgehead atoms. The first-order chi connectivity index (χ1) is 18.3. The molecule has 0 aromatic heterocycles. The highest BCUT2D eigenvalue weighted by molar-refractivity contribution is 5.92. The number of rotatable bonds is 12. The lowest BCUT2D eigenvalue weighted by Gasteiger charge is -2.33. The van der Waals surface area contributed by atoms with Gasteiger partial charge < -0.3 is 21.5 Å². The molecule has 0 saturated carbocycles. The van der Waals surface area contributed by atoms with Crippen LogP contribution in [-0.2, 0) is 16.1 Å². The molecule has 0 aliphatic heterocycles. The fourth-order valence-corrected chi connectivity index (χ4v) is 4.19. The molecule has 0 fully saturated rings. The van der Waals surface area contributed by atoms with Gasteiger partial charge in [0, 0.05) is 13.1 Å². The number of nitro groups is 1. The molecule has 11 nitrogen and oxygen atoms in total. The number of benzene rings is 3. The van der Waals surface area contributed by atoms with E-state index >= 15 is 0 Å². The molecule has 6 N–H and O–H groups in total. The number of aromatic hydroxyl groups is 1. The minimum absolute atomic E-state index is 0.0191. The lowest BCUT2D eigenvalue weighted by molar-refractivity contribution is -0.525. The van der Waals surface area contributed by atoms with Crippen molar-refractivity contribution in [2.24, 2.45) is 16.5 Å². The Morgan fingerprint density at radius 2 is 1.58 bits per heavy atom. The predicted molar refractivity (Wildman–Crippen MR) is 142 cm³/mol. The van der Waals surface area contributed by atoms with Gasteiger partial charge in [-0.15, -0.1) is 0 Å². The average molecular weight is 519 g/mol. The summed E-state index contributed by atoms with van der Waals surface area (Å²) in [5, 5.41) is 19.7. The van der Waals surface area contributed by atoms with E-state index in [9.17, 15) is 24.8 Å². The van der Waals surface area contributed by atoms with Crippen molar-refractivity contribution >= 4 is 17.8 Å². The Morgan fingerprint density at radius 3 is 2.11 bits per heavy atom. The number of hydrogen-bond donors (Lipinski definition) is 4. The van der Waals surface area contributed by atoms with E-state index in [4.69, 9.17) is 11.5 Å². The van der Waals surface area contributed by atoms with Gasteiger partial charge in [-0.1, -0.05) is 78.2 Å². The molecule has 3 aromatic carbocycles. The van der Waals surface area contributed by atoms with Gasteiger partial charge in [0.2, 0.25) is 11.8 Å². The summed E-state index contributed by atoms with van der Waals surface area (Å²) in [7, 11) is 0. The number of nitrogens with one attached hydrogen (secondary N) is 1. The highest BCUT2D eigenvalue weighted by Gasteiger charge is 2.34. The second kappa shape index (κ2) is 13.4. The van der Waals surface area contributed by atoms with Crippen molar-refractivity contribution in [3.63, 3.8) is 0 Å². The van der Waals surface area contributed by atoms with Gasteiger partial charge in [-0.05, 0) is 41.7 Å². The maximum Gasteiger partial charge on any atom is 0.251 e. The van der Waals surface area contributed by atoms with Crippen LogP contribution >= 0.6 is 0 Å². The minimum Gasteiger partial charge on any atom is -0.508 e. The zero-order valence-corrected chi connectivity index (χ0v) is 20.6. The fourth-order valence-electron chi connectivity index (χ4n) is 4.19. The summed E-state index contributed by atoms with van der Waals surface area (Å²) in [6, 6.07) is 23.9. The van der Waals surface area contributed by atoms with Crippen LogP contribution in [-0.4, -0.2) is 45.4 Å². The summed E-state index contributed by atoms with van der Waals surface area (Å²) in [6.45, 7) is 0.0939. The number of nitrogens with zero attached hydrogens (tertiary/aromatic N) is 3. The number of primary amides is 1. The second-order valence-corrected chi connectivity index (χ2v) is 8.59. The van der Waals surface area contributed by atoms with Crippen molar-refractivity contribution < 1.29 is 19.7 Å². The van der Waals surface area contributed by atoms with Gasteiger partial charge in [0.1, 0.15) is 11.8 Å². The molecule has 1 atom stereocenters. The number of hydrogen-bond acceptors (Lipinski definition) is 6. The summed E-state index contributed by atoms with van der Waals surface area (Å²) in [6.07, 6.45) is 0.421. The summed E-state index contributed by atoms with van der Waals surface area (Å²) in [5.41, 5.74) is 15.1. The number of phenolic OH excluding ortho intramolecular Hbond substituents is 1. The number of amides is 2. The lowest BCUT2D eigenvalue weighted by Crippen LogP contribution is -2.49. The van der Waals surface area contributed by atoms with Crippen LogP contribution in [0.1, 0.15) is 35.4 Å². The molecule has 3 aromatic rings. The number of nitrogens with two attached hydrogens (primary N) is 2. The zero-order valence-electron chi connectivity index (χ0n) is 20.6. The molecule has 38 heavy (non-hydrogen) atoms. The maximum atomic E-state index is 14.3. The van der Waals surface area contributed by atoms with E-state index in [1.54, 1.807) is 17.6 Å². The van der Waals surface area contributed by atoms with Gasteiger partial charge >= 0.3 is 0 Å². The van der Waals surface area contributed by atoms with Gasteiger partial charge in [0.25, 0.3) is 5.96 Å². The number of carbonyl (C=O) groups excluding carboxylic acids is 2. The van der Waals surface area contributed by atoms with Crippen LogP contribution in [0.15, 0.2) is 89.9 Å². The molecule has 0 saturated heterocycles. The van der Waals surface area contributed by atoms with Crippen LogP contribution in [0.2, 0.25) is 0 Å². The van der Waals surface area contributed by atoms with E-state index in [0.717, 1.165) is 11.1 Å². The third-order valence-electron chi connectivity index (χ3n) is 5.89. The quantitative estimate of drug-likeness (QED) is 0.0934. The van der Waals surface area contributed by atoms with Gasteiger partial charge in [-0.3, -0.25) is 9.59 Å². The van der Waals surface area contributed by atoms with Crippen molar-refractivity contribution in [1.82, 2.24) is 10.3 Å². The second-order valence-electron chi connectivity index (χ2n) is 8.59. The predicted octanol–water partition coefficient (Wildman–Crippen LogP) is 2.28. The van der Waals surface area contributed by atoms with E-state index in [2.05, 4.69) is 4.99 Å². The average Bonchev–Trinajstić information content (AvgIpc) is 2.88. The normalized spacial score (nSPS) is 12.1. The van der Waals surface area contributed by atoms with Crippen LogP contribution < -0.4 is 16.9 Å². The highest BCUT2D eigenvalue weighted by atomic mass is 16.7. The topological polar surface area (TPSA) is 177 Å². The van der Waals surface area contributed by atoms with Crippen LogP contribution in [0.25, 0.3) is 0 Å². The summed E-state index contributed by atoms with van der Waals surface area (Å²) in [4.78, 5) is 42.8. The Hall–Kier alpha value is -4.93. The molecule has 11 heteroatoms. The first-order valence-electron chi connectivity index (χ1n) is 11.9. The van der Waals surface area contributed by atoms with Crippen LogP contribution in [0, 0.1) is 10.1 Å². The standard InChI is InChI=1S/C27H30N6O5/c28-25(35)23(15-8-16-30-27(29)31-33(37)38)32(18-19-9-7-14-22(34)17-19)26(36)24(20-10-3-1-4-11-20)21-12-5-2-6-13-21/h1-7,9-14,17,23-24,34H,8,15-16,18H2,(H2,28,35)(H3,29,30,31)/t23-/m0/s1. The van der Waals surface area contributed by atoms with Crippen molar-refractivity contribution in [3.8, 4) is 5.75 Å². The maximum absolute atomic E-state index is 14.3. The monoisotopic (exact) mass is 518 g/mol. The Balaban J connectivity index is 1.97. The van der Waals surface area contributed by atoms with E-state index in [1.165, 1.54) is 17.0 Å². The van der Waals surface area contributed by atoms with Crippen molar-refractivity contribution in [1.29, 1.82) is 0 Å². The number of carbonyl (C=O) groups is 2. The summed E-state index contributed by atoms with van der Waals surface area (Å²) < 4.78 is 0. The molecule has 0 spiro atoms. The van der Waals surface area contributed by atoms with E-state index in [-0.39, 0.29) is 43.5 Å². The lowest BCUT2D eigenvalue weighted by atomic mass is 9.89. The summed E-state index contributed by atoms with van der Waals surface area (Å²) in [5.74, 6) is -2.11. The van der Waals surface area contributed by atoms with Crippen molar-refractivity contribution in [2.45, 2.75) is 31.3 Å². The Bertz CT molecular complexity index is 1230. The minimum atomic E-state index is -1.01. The highest BCUT2D eigenvalue weighted by Crippen LogP contribution is 2.29. The molecule has 0 radical (unpaired) electrons. The van der Waals surface area contributed by atoms with E-state index < -0.39 is 22.9 Å². The van der Waals surface area contributed by atoms with Gasteiger partial charge in [-0.25, -0.2) is 15.1 Å². The molecule has 0 heterocycles. The molecule has 0 aliphatic carbocycles. The summed E-state index contributed by atoms with van der Waals surface area (Å²) >= 11 is 0. The number of guanidine groups is 1. The molecule has 3 rings (SSSR count). The molecular weight excluding hydrogens is 488 g/mol. The molecular formula is C27H30N6O5. The number of hydrazine groups is 1. The molecule has 0 aliphatic rings. The Morgan fingerprint density at radius 1 is 0.974 bits per heavy atom.